The van der Waals surface area contributed by atoms with Crippen LogP contribution in [0.1, 0.15) is 41.6 Å². The van der Waals surface area contributed by atoms with Crippen molar-refractivity contribution in [2.75, 3.05) is 27.8 Å². The summed E-state index contributed by atoms with van der Waals surface area (Å²) in [5, 5.41) is 17.9. The van der Waals surface area contributed by atoms with Crippen molar-refractivity contribution in [2.45, 2.75) is 37.1 Å². The first kappa shape index (κ1) is 23.9. The number of amides is 1. The van der Waals surface area contributed by atoms with E-state index in [-0.39, 0.29) is 17.4 Å². The second-order valence-corrected chi connectivity index (χ2v) is 8.13. The predicted octanol–water partition coefficient (Wildman–Crippen LogP) is 2.96. The van der Waals surface area contributed by atoms with Crippen molar-refractivity contribution in [1.82, 2.24) is 16.0 Å². The van der Waals surface area contributed by atoms with Crippen LogP contribution in [0.2, 0.25) is 0 Å². The lowest BCUT2D eigenvalue weighted by molar-refractivity contribution is 0.0934. The van der Waals surface area contributed by atoms with Gasteiger partial charge in [0.1, 0.15) is 0 Å². The van der Waals surface area contributed by atoms with Gasteiger partial charge in [-0.05, 0) is 49.4 Å². The molecule has 33 heavy (non-hydrogen) atoms. The molecule has 1 aliphatic carbocycles. The Morgan fingerprint density at radius 2 is 1.82 bits per heavy atom. The number of benzene rings is 2. The summed E-state index contributed by atoms with van der Waals surface area (Å²) in [6.45, 7) is 0.530. The van der Waals surface area contributed by atoms with Gasteiger partial charge in [0.15, 0.2) is 17.7 Å². The van der Waals surface area contributed by atoms with Crippen molar-refractivity contribution in [3.63, 3.8) is 0 Å². The van der Waals surface area contributed by atoms with E-state index in [1.165, 1.54) is 5.56 Å². The summed E-state index contributed by atoms with van der Waals surface area (Å²) < 4.78 is 10.6. The largest absolute Gasteiger partial charge is 0.493 e. The molecular formula is C25H31N5O3. The standard InChI is InChI=1S/C25H31N5O3/c1-27-24(29-17-26)30-20-11-13-25(14-12-20,19-7-5-4-6-8-19)16-28-23(31)18-9-10-21(32-2)22(15-18)33-3/h4-10,15,20H,11-14,16H2,1-3H3,(H,28,31)(H2,27,29,30). The maximum atomic E-state index is 13.0. The van der Waals surface area contributed by atoms with Gasteiger partial charge < -0.3 is 20.1 Å². The van der Waals surface area contributed by atoms with Crippen LogP contribution in [0.4, 0.5) is 0 Å². The highest BCUT2D eigenvalue weighted by molar-refractivity contribution is 5.95. The predicted molar refractivity (Wildman–Crippen MR) is 127 cm³/mol. The van der Waals surface area contributed by atoms with Crippen molar-refractivity contribution >= 4 is 11.9 Å². The number of carbonyl (C=O) groups excluding carboxylic acids is 1. The van der Waals surface area contributed by atoms with Gasteiger partial charge >= 0.3 is 0 Å². The first-order valence-electron chi connectivity index (χ1n) is 11.0. The number of nitrogens with zero attached hydrogens (tertiary/aromatic N) is 2. The first-order chi connectivity index (χ1) is 16.0. The summed E-state index contributed by atoms with van der Waals surface area (Å²) in [5.41, 5.74) is 1.57. The fourth-order valence-corrected chi connectivity index (χ4v) is 4.41. The average molecular weight is 450 g/mol. The molecule has 1 aliphatic rings. The topological polar surface area (TPSA) is 108 Å². The van der Waals surface area contributed by atoms with Crippen LogP contribution in [0.3, 0.4) is 0 Å². The summed E-state index contributed by atoms with van der Waals surface area (Å²) >= 11 is 0. The van der Waals surface area contributed by atoms with Gasteiger partial charge in [-0.1, -0.05) is 30.3 Å². The Balaban J connectivity index is 1.73. The van der Waals surface area contributed by atoms with Crippen LogP contribution in [0, 0.1) is 11.5 Å². The summed E-state index contributed by atoms with van der Waals surface area (Å²) in [6.07, 6.45) is 5.49. The molecule has 174 valence electrons. The van der Waals surface area contributed by atoms with E-state index in [4.69, 9.17) is 14.7 Å². The quantitative estimate of drug-likeness (QED) is 0.260. The third-order valence-electron chi connectivity index (χ3n) is 6.30. The highest BCUT2D eigenvalue weighted by Gasteiger charge is 2.37. The third kappa shape index (κ3) is 5.75. The van der Waals surface area contributed by atoms with Crippen LogP contribution < -0.4 is 25.4 Å². The van der Waals surface area contributed by atoms with Crippen LogP contribution in [0.5, 0.6) is 11.5 Å². The second kappa shape index (κ2) is 11.2. The van der Waals surface area contributed by atoms with E-state index in [1.807, 2.05) is 24.4 Å². The van der Waals surface area contributed by atoms with Crippen molar-refractivity contribution in [2.24, 2.45) is 4.99 Å². The van der Waals surface area contributed by atoms with Crippen LogP contribution in [-0.4, -0.2) is 45.7 Å². The van der Waals surface area contributed by atoms with Gasteiger partial charge in [0.05, 0.1) is 14.2 Å². The summed E-state index contributed by atoms with van der Waals surface area (Å²) in [6, 6.07) is 15.7. The Kier molecular flexibility index (Phi) is 8.14. The number of hydrogen-bond donors (Lipinski definition) is 3. The fraction of sp³-hybridized carbons (Fsp3) is 0.400. The van der Waals surface area contributed by atoms with Gasteiger partial charge in [-0.25, -0.2) is 0 Å². The Morgan fingerprint density at radius 1 is 1.12 bits per heavy atom. The monoisotopic (exact) mass is 449 g/mol. The number of methoxy groups -OCH3 is 2. The number of ether oxygens (including phenoxy) is 2. The number of carbonyl (C=O) groups is 1. The molecule has 0 spiro atoms. The fourth-order valence-electron chi connectivity index (χ4n) is 4.41. The smallest absolute Gasteiger partial charge is 0.251 e. The molecule has 0 radical (unpaired) electrons. The SMILES string of the molecule is CN=C(NC#N)NC1CCC(CNC(=O)c2ccc(OC)c(OC)c2)(c2ccccc2)CC1. The Morgan fingerprint density at radius 3 is 2.42 bits per heavy atom. The minimum atomic E-state index is -0.169. The molecule has 0 unspecified atom stereocenters. The number of rotatable bonds is 7. The van der Waals surface area contributed by atoms with Crippen molar-refractivity contribution < 1.29 is 14.3 Å². The molecule has 1 amide bonds. The molecular weight excluding hydrogens is 418 g/mol. The Hall–Kier alpha value is -3.73. The zero-order valence-electron chi connectivity index (χ0n) is 19.4. The number of hydrogen-bond acceptors (Lipinski definition) is 5. The van der Waals surface area contributed by atoms with Crippen molar-refractivity contribution in [3.05, 3.63) is 59.7 Å². The summed E-state index contributed by atoms with van der Waals surface area (Å²) in [7, 11) is 4.77. The molecule has 0 aliphatic heterocycles. The molecule has 0 bridgehead atoms. The number of nitriles is 1. The van der Waals surface area contributed by atoms with Crippen molar-refractivity contribution in [1.29, 1.82) is 5.26 Å². The van der Waals surface area contributed by atoms with E-state index >= 15 is 0 Å². The lowest BCUT2D eigenvalue weighted by atomic mass is 9.68. The second-order valence-electron chi connectivity index (χ2n) is 8.13. The van der Waals surface area contributed by atoms with Crippen LogP contribution in [0.25, 0.3) is 0 Å². The van der Waals surface area contributed by atoms with E-state index in [2.05, 4.69) is 33.1 Å². The molecule has 1 fully saturated rings. The number of nitrogens with one attached hydrogen (secondary N) is 3. The molecule has 0 saturated heterocycles. The molecule has 2 aromatic carbocycles. The minimum Gasteiger partial charge on any atom is -0.493 e. The van der Waals surface area contributed by atoms with Gasteiger partial charge in [-0.3, -0.25) is 15.1 Å². The van der Waals surface area contributed by atoms with Crippen LogP contribution in [-0.2, 0) is 5.41 Å². The zero-order chi connectivity index (χ0) is 23.7. The average Bonchev–Trinajstić information content (AvgIpc) is 2.88. The first-order valence-corrected chi connectivity index (χ1v) is 11.0. The summed E-state index contributed by atoms with van der Waals surface area (Å²) in [4.78, 5) is 17.1. The van der Waals surface area contributed by atoms with E-state index in [9.17, 15) is 4.79 Å². The molecule has 0 aromatic heterocycles. The molecule has 1 saturated carbocycles. The molecule has 0 atom stereocenters. The maximum absolute atomic E-state index is 13.0. The highest BCUT2D eigenvalue weighted by atomic mass is 16.5. The highest BCUT2D eigenvalue weighted by Crippen LogP contribution is 2.39. The van der Waals surface area contributed by atoms with E-state index in [0.717, 1.165) is 25.7 Å². The molecule has 2 aromatic rings. The van der Waals surface area contributed by atoms with Gasteiger partial charge in [-0.2, -0.15) is 5.26 Å². The number of guanidine groups is 1. The maximum Gasteiger partial charge on any atom is 0.251 e. The normalized spacial score (nSPS) is 20.3. The van der Waals surface area contributed by atoms with E-state index in [0.29, 0.717) is 29.6 Å². The van der Waals surface area contributed by atoms with Crippen LogP contribution in [0.15, 0.2) is 53.5 Å². The van der Waals surface area contributed by atoms with E-state index < -0.39 is 0 Å². The van der Waals surface area contributed by atoms with Gasteiger partial charge in [0.25, 0.3) is 5.91 Å². The lowest BCUT2D eigenvalue weighted by Crippen LogP contribution is -2.49. The molecule has 0 heterocycles. The van der Waals surface area contributed by atoms with Crippen molar-refractivity contribution in [3.8, 4) is 17.7 Å². The molecule has 3 N–H and O–H groups in total. The lowest BCUT2D eigenvalue weighted by Gasteiger charge is -2.41. The van der Waals surface area contributed by atoms with Crippen LogP contribution >= 0.6 is 0 Å². The minimum absolute atomic E-state index is 0.148. The Bertz CT molecular complexity index is 1010. The van der Waals surface area contributed by atoms with Gasteiger partial charge in [0.2, 0.25) is 5.96 Å². The zero-order valence-corrected chi connectivity index (χ0v) is 19.4. The van der Waals surface area contributed by atoms with Gasteiger partial charge in [-0.15, -0.1) is 0 Å². The van der Waals surface area contributed by atoms with Gasteiger partial charge in [0, 0.05) is 30.6 Å². The Labute approximate surface area is 195 Å². The third-order valence-corrected chi connectivity index (χ3v) is 6.30. The molecule has 8 heteroatoms. The molecule has 3 rings (SSSR count). The molecule has 8 nitrogen and oxygen atoms in total. The summed E-state index contributed by atoms with van der Waals surface area (Å²) in [5.74, 6) is 1.44. The number of aliphatic imine (C=N–C) groups is 1. The van der Waals surface area contributed by atoms with E-state index in [1.54, 1.807) is 39.5 Å².